The normalized spacial score (nSPS) is 11.6. The van der Waals surface area contributed by atoms with Gasteiger partial charge in [-0.1, -0.05) is 170 Å². The molecule has 12 rings (SSSR count). The minimum atomic E-state index is 1.06. The lowest BCUT2D eigenvalue weighted by Gasteiger charge is -2.28. The molecule has 0 bridgehead atoms. The van der Waals surface area contributed by atoms with E-state index in [-0.39, 0.29) is 0 Å². The topological polar surface area (TPSA) is 16.1 Å². The van der Waals surface area contributed by atoms with Crippen LogP contribution in [0.3, 0.4) is 0 Å². The van der Waals surface area contributed by atoms with Crippen molar-refractivity contribution in [2.75, 3.05) is 4.90 Å². The highest BCUT2D eigenvalue weighted by Crippen LogP contribution is 2.44. The monoisotopic (exact) mass is 812 g/mol. The Morgan fingerprint density at radius 3 is 1.69 bits per heavy atom. The zero-order chi connectivity index (χ0) is 40.3. The average Bonchev–Trinajstić information content (AvgIpc) is 3.92. The van der Waals surface area contributed by atoms with Gasteiger partial charge in [0.2, 0.25) is 0 Å². The third kappa shape index (κ3) is 6.27. The van der Waals surface area contributed by atoms with Crippen molar-refractivity contribution >= 4 is 91.7 Å². The molecule has 61 heavy (non-hydrogen) atoms. The lowest BCUT2D eigenvalue weighted by Crippen LogP contribution is -2.10. The van der Waals surface area contributed by atoms with Gasteiger partial charge in [-0.25, -0.2) is 4.98 Å². The van der Waals surface area contributed by atoms with Crippen LogP contribution >= 0.6 is 22.7 Å². The molecule has 10 aromatic carbocycles. The van der Waals surface area contributed by atoms with Crippen LogP contribution in [0.1, 0.15) is 0 Å². The summed E-state index contributed by atoms with van der Waals surface area (Å²) >= 11 is 3.62. The number of anilines is 3. The Bertz CT molecular complexity index is 3560. The molecule has 0 atom stereocenters. The molecule has 0 unspecified atom stereocenters. The van der Waals surface area contributed by atoms with Gasteiger partial charge in [-0.2, -0.15) is 0 Å². The van der Waals surface area contributed by atoms with Gasteiger partial charge in [0.15, 0.2) is 0 Å². The maximum Gasteiger partial charge on any atom is 0.124 e. The molecule has 0 N–H and O–H groups in total. The molecule has 2 aromatic heterocycles. The molecule has 0 aliphatic carbocycles. The molecule has 4 heteroatoms. The van der Waals surface area contributed by atoms with Gasteiger partial charge in [0.1, 0.15) is 5.01 Å². The lowest BCUT2D eigenvalue weighted by atomic mass is 9.96. The fourth-order valence-electron chi connectivity index (χ4n) is 8.93. The van der Waals surface area contributed by atoms with Crippen molar-refractivity contribution in [3.05, 3.63) is 218 Å². The smallest absolute Gasteiger partial charge is 0.124 e. The Balaban J connectivity index is 0.938. The Labute approximate surface area is 361 Å². The second-order valence-electron chi connectivity index (χ2n) is 15.5. The number of rotatable bonds is 7. The molecule has 0 aliphatic heterocycles. The SMILES string of the molecule is c1ccc(-c2nc3cc4sc5cc(-c6ccc(N(c7ccc(-c8cccc9ccccc89)cc7)c7ccc(-c8ccccc8)c8ccccc78)cc6)ccc5c4cc3s2)cc1. The molecule has 0 spiro atoms. The van der Waals surface area contributed by atoms with Gasteiger partial charge in [-0.05, 0) is 98.1 Å². The third-order valence-corrected chi connectivity index (χ3v) is 14.1. The molecule has 2 nitrogen and oxygen atoms in total. The molecule has 286 valence electrons. The number of benzene rings is 10. The second kappa shape index (κ2) is 14.7. The van der Waals surface area contributed by atoms with Crippen LogP contribution in [-0.2, 0) is 0 Å². The van der Waals surface area contributed by atoms with Crippen LogP contribution in [0.5, 0.6) is 0 Å². The first-order valence-corrected chi connectivity index (χ1v) is 22.2. The van der Waals surface area contributed by atoms with Crippen LogP contribution < -0.4 is 4.90 Å². The first kappa shape index (κ1) is 35.6. The van der Waals surface area contributed by atoms with Crippen molar-refractivity contribution in [3.8, 4) is 44.0 Å². The van der Waals surface area contributed by atoms with Crippen molar-refractivity contribution in [1.82, 2.24) is 4.98 Å². The van der Waals surface area contributed by atoms with E-state index in [1.165, 1.54) is 85.4 Å². The summed E-state index contributed by atoms with van der Waals surface area (Å²) in [6.45, 7) is 0. The second-order valence-corrected chi connectivity index (χ2v) is 17.6. The van der Waals surface area contributed by atoms with Crippen molar-refractivity contribution in [2.24, 2.45) is 0 Å². The minimum absolute atomic E-state index is 1.06. The molecule has 0 amide bonds. The Morgan fingerprint density at radius 1 is 0.328 bits per heavy atom. The van der Waals surface area contributed by atoms with E-state index < -0.39 is 0 Å². The Hall–Kier alpha value is -7.37. The van der Waals surface area contributed by atoms with Crippen molar-refractivity contribution in [3.63, 3.8) is 0 Å². The van der Waals surface area contributed by atoms with E-state index >= 15 is 0 Å². The number of thiazole rings is 1. The van der Waals surface area contributed by atoms with Gasteiger partial charge in [0, 0.05) is 42.5 Å². The summed E-state index contributed by atoms with van der Waals surface area (Å²) in [5, 5.41) is 8.59. The van der Waals surface area contributed by atoms with Gasteiger partial charge in [0.05, 0.1) is 15.9 Å². The predicted octanol–water partition coefficient (Wildman–Crippen LogP) is 17.1. The van der Waals surface area contributed by atoms with E-state index in [0.29, 0.717) is 0 Å². The Kier molecular flexibility index (Phi) is 8.58. The van der Waals surface area contributed by atoms with Crippen molar-refractivity contribution < 1.29 is 0 Å². The van der Waals surface area contributed by atoms with Crippen LogP contribution in [0, 0.1) is 0 Å². The summed E-state index contributed by atoms with van der Waals surface area (Å²) in [4.78, 5) is 7.43. The van der Waals surface area contributed by atoms with E-state index in [9.17, 15) is 0 Å². The fourth-order valence-corrected chi connectivity index (χ4v) is 11.1. The van der Waals surface area contributed by atoms with Crippen LogP contribution in [0.25, 0.3) is 95.9 Å². The quantitative estimate of drug-likeness (QED) is 0.159. The number of hydrogen-bond acceptors (Lipinski definition) is 4. The van der Waals surface area contributed by atoms with Crippen molar-refractivity contribution in [1.29, 1.82) is 0 Å². The minimum Gasteiger partial charge on any atom is -0.310 e. The number of aromatic nitrogens is 1. The molecule has 0 saturated heterocycles. The van der Waals surface area contributed by atoms with Crippen LogP contribution in [-0.4, -0.2) is 4.98 Å². The van der Waals surface area contributed by atoms with E-state index in [4.69, 9.17) is 4.98 Å². The largest absolute Gasteiger partial charge is 0.310 e. The molecule has 12 aromatic rings. The first-order chi connectivity index (χ1) is 30.2. The molecule has 0 fully saturated rings. The maximum absolute atomic E-state index is 5.02. The third-order valence-electron chi connectivity index (χ3n) is 11.9. The summed E-state index contributed by atoms with van der Waals surface area (Å²) < 4.78 is 3.78. The van der Waals surface area contributed by atoms with Gasteiger partial charge in [-0.15, -0.1) is 22.7 Å². The highest BCUT2D eigenvalue weighted by Gasteiger charge is 2.19. The molecular weight excluding hydrogens is 777 g/mol. The zero-order valence-electron chi connectivity index (χ0n) is 33.0. The van der Waals surface area contributed by atoms with E-state index in [1.807, 2.05) is 11.3 Å². The number of fused-ring (bicyclic) bond motifs is 6. The fraction of sp³-hybridized carbons (Fsp3) is 0. The summed E-state index contributed by atoms with van der Waals surface area (Å²) in [6.07, 6.45) is 0. The summed E-state index contributed by atoms with van der Waals surface area (Å²) in [5.41, 5.74) is 12.8. The molecule has 0 saturated carbocycles. The summed E-state index contributed by atoms with van der Waals surface area (Å²) in [6, 6.07) is 79.4. The van der Waals surface area contributed by atoms with Crippen LogP contribution in [0.4, 0.5) is 17.1 Å². The lowest BCUT2D eigenvalue weighted by molar-refractivity contribution is 1.30. The van der Waals surface area contributed by atoms with Crippen LogP contribution in [0.15, 0.2) is 218 Å². The number of hydrogen-bond donors (Lipinski definition) is 0. The van der Waals surface area contributed by atoms with Gasteiger partial charge >= 0.3 is 0 Å². The molecule has 2 heterocycles. The highest BCUT2D eigenvalue weighted by atomic mass is 32.1. The van der Waals surface area contributed by atoms with Gasteiger partial charge < -0.3 is 4.90 Å². The summed E-state index contributed by atoms with van der Waals surface area (Å²) in [5.74, 6) is 0. The first-order valence-electron chi connectivity index (χ1n) is 20.6. The van der Waals surface area contributed by atoms with Crippen LogP contribution in [0.2, 0.25) is 0 Å². The van der Waals surface area contributed by atoms with E-state index in [1.54, 1.807) is 11.3 Å². The van der Waals surface area contributed by atoms with Gasteiger partial charge in [0.25, 0.3) is 0 Å². The molecular formula is C57H36N2S2. The zero-order valence-corrected chi connectivity index (χ0v) is 34.6. The van der Waals surface area contributed by atoms with E-state index in [2.05, 4.69) is 223 Å². The standard InChI is InChI=1S/C57H36N2S2/c1-3-12-38(13-4-1)47-32-33-53(49-20-10-9-19-48(47)49)59(44-29-24-40(25-30-44)46-21-11-17-39-14-7-8-18-45(39)46)43-27-22-37(23-28-43)42-26-31-50-51-35-56-52(36-55(51)60-54(50)34-42)58-57(61-56)41-15-5-2-6-16-41/h1-36H. The maximum atomic E-state index is 5.02. The highest BCUT2D eigenvalue weighted by molar-refractivity contribution is 7.26. The number of nitrogens with zero attached hydrogens (tertiary/aromatic N) is 2. The van der Waals surface area contributed by atoms with E-state index in [0.717, 1.165) is 27.6 Å². The molecule has 0 radical (unpaired) electrons. The number of thiophene rings is 1. The predicted molar refractivity (Wildman–Crippen MR) is 264 cm³/mol. The average molecular weight is 813 g/mol. The Morgan fingerprint density at radius 2 is 0.918 bits per heavy atom. The van der Waals surface area contributed by atoms with Crippen molar-refractivity contribution in [2.45, 2.75) is 0 Å². The van der Waals surface area contributed by atoms with Gasteiger partial charge in [-0.3, -0.25) is 0 Å². The molecule has 0 aliphatic rings. The summed E-state index contributed by atoms with van der Waals surface area (Å²) in [7, 11) is 0.